The molecule has 0 unspecified atom stereocenters. The molecule has 5 aromatic rings. The monoisotopic (exact) mass is 419 g/mol. The smallest absolute Gasteiger partial charge is 0.339 e. The first-order valence-corrected chi connectivity index (χ1v) is 9.76. The van der Waals surface area contributed by atoms with Crippen molar-refractivity contribution in [1.82, 2.24) is 0 Å². The largest absolute Gasteiger partial charge is 0.504 e. The summed E-state index contributed by atoms with van der Waals surface area (Å²) >= 11 is 1.07. The van der Waals surface area contributed by atoms with Crippen molar-refractivity contribution in [3.8, 4) is 17.1 Å². The van der Waals surface area contributed by atoms with Crippen LogP contribution in [0, 0.1) is 0 Å². The molecule has 0 aliphatic rings. The first-order chi connectivity index (χ1) is 14.5. The topological polar surface area (TPSA) is 113 Å². The summed E-state index contributed by atoms with van der Waals surface area (Å²) in [7, 11) is 0. The van der Waals surface area contributed by atoms with Gasteiger partial charge in [-0.05, 0) is 24.3 Å². The molecule has 0 bridgehead atoms. The molecule has 1 amide bonds. The SMILES string of the molecule is O=C(Nc1scc(-c2cc3cccc(O)c3o2)c1C(=O)O)c1cc2ccccc2o1. The van der Waals surface area contributed by atoms with Crippen molar-refractivity contribution in [1.29, 1.82) is 0 Å². The molecule has 0 spiro atoms. The minimum absolute atomic E-state index is 0.0377. The fraction of sp³-hybridized carbons (Fsp3) is 0. The first kappa shape index (κ1) is 18.0. The van der Waals surface area contributed by atoms with E-state index >= 15 is 0 Å². The van der Waals surface area contributed by atoms with Crippen molar-refractivity contribution >= 4 is 50.2 Å². The van der Waals surface area contributed by atoms with Crippen molar-refractivity contribution in [3.63, 3.8) is 0 Å². The van der Waals surface area contributed by atoms with Crippen LogP contribution in [0.1, 0.15) is 20.9 Å². The van der Waals surface area contributed by atoms with Gasteiger partial charge in [0, 0.05) is 21.7 Å². The molecule has 30 heavy (non-hydrogen) atoms. The minimum Gasteiger partial charge on any atom is -0.504 e. The Kier molecular flexibility index (Phi) is 4.07. The number of fused-ring (bicyclic) bond motifs is 2. The Labute approximate surface area is 172 Å². The molecule has 0 aliphatic heterocycles. The van der Waals surface area contributed by atoms with Crippen LogP contribution in [0.3, 0.4) is 0 Å². The number of phenolic OH excluding ortho intramolecular Hbond substituents is 1. The molecule has 3 heterocycles. The van der Waals surface area contributed by atoms with Crippen LogP contribution in [0.4, 0.5) is 5.00 Å². The number of anilines is 1. The molecule has 0 aliphatic carbocycles. The summed E-state index contributed by atoms with van der Waals surface area (Å²) < 4.78 is 11.2. The number of aromatic carboxylic acids is 1. The maximum absolute atomic E-state index is 12.6. The lowest BCUT2D eigenvalue weighted by atomic mass is 10.1. The maximum atomic E-state index is 12.6. The van der Waals surface area contributed by atoms with Crippen LogP contribution in [0.2, 0.25) is 0 Å². The van der Waals surface area contributed by atoms with Crippen molar-refractivity contribution in [2.24, 2.45) is 0 Å². The summed E-state index contributed by atoms with van der Waals surface area (Å²) in [6.07, 6.45) is 0. The van der Waals surface area contributed by atoms with Crippen molar-refractivity contribution < 1.29 is 28.6 Å². The van der Waals surface area contributed by atoms with Gasteiger partial charge in [-0.1, -0.05) is 30.3 Å². The molecule has 0 fully saturated rings. The number of rotatable bonds is 4. The molecule has 0 atom stereocenters. The number of amides is 1. The van der Waals surface area contributed by atoms with E-state index in [-0.39, 0.29) is 33.4 Å². The first-order valence-electron chi connectivity index (χ1n) is 8.88. The minimum atomic E-state index is -1.21. The number of nitrogens with one attached hydrogen (secondary N) is 1. The Balaban J connectivity index is 1.53. The van der Waals surface area contributed by atoms with Crippen molar-refractivity contribution in [3.05, 3.63) is 71.3 Å². The molecule has 7 nitrogen and oxygen atoms in total. The molecule has 0 saturated carbocycles. The van der Waals surface area contributed by atoms with Crippen LogP contribution in [-0.2, 0) is 0 Å². The Morgan fingerprint density at radius 1 is 0.967 bits per heavy atom. The Hall–Kier alpha value is -4.04. The molecule has 5 rings (SSSR count). The third kappa shape index (κ3) is 2.90. The van der Waals surface area contributed by atoms with Gasteiger partial charge in [0.15, 0.2) is 17.1 Å². The fourth-order valence-corrected chi connectivity index (χ4v) is 4.22. The lowest BCUT2D eigenvalue weighted by Crippen LogP contribution is -2.12. The van der Waals surface area contributed by atoms with E-state index in [0.717, 1.165) is 16.7 Å². The third-order valence-electron chi connectivity index (χ3n) is 4.67. The summed E-state index contributed by atoms with van der Waals surface area (Å²) in [4.78, 5) is 24.6. The predicted molar refractivity (Wildman–Crippen MR) is 112 cm³/mol. The van der Waals surface area contributed by atoms with Crippen LogP contribution in [-0.4, -0.2) is 22.1 Å². The van der Waals surface area contributed by atoms with Gasteiger partial charge in [-0.25, -0.2) is 4.79 Å². The van der Waals surface area contributed by atoms with Gasteiger partial charge < -0.3 is 24.4 Å². The Morgan fingerprint density at radius 3 is 2.53 bits per heavy atom. The second-order valence-corrected chi connectivity index (χ2v) is 7.45. The average Bonchev–Trinajstić information content (AvgIpc) is 3.44. The van der Waals surface area contributed by atoms with Crippen LogP contribution < -0.4 is 5.32 Å². The fourth-order valence-electron chi connectivity index (χ4n) is 3.28. The van der Waals surface area contributed by atoms with E-state index in [0.29, 0.717) is 16.5 Å². The van der Waals surface area contributed by atoms with Crippen LogP contribution >= 0.6 is 11.3 Å². The van der Waals surface area contributed by atoms with Crippen LogP contribution in [0.15, 0.2) is 68.8 Å². The van der Waals surface area contributed by atoms with Gasteiger partial charge in [-0.15, -0.1) is 11.3 Å². The second-order valence-electron chi connectivity index (χ2n) is 6.57. The number of furan rings is 2. The molecular formula is C22H13NO6S. The van der Waals surface area contributed by atoms with Gasteiger partial charge in [0.25, 0.3) is 5.91 Å². The van der Waals surface area contributed by atoms with Gasteiger partial charge >= 0.3 is 5.97 Å². The summed E-state index contributed by atoms with van der Waals surface area (Å²) in [5, 5.41) is 25.5. The lowest BCUT2D eigenvalue weighted by molar-refractivity contribution is 0.0699. The Bertz CT molecular complexity index is 1410. The van der Waals surface area contributed by atoms with Crippen LogP contribution in [0.25, 0.3) is 33.3 Å². The van der Waals surface area contributed by atoms with Gasteiger partial charge in [0.1, 0.15) is 21.9 Å². The number of aromatic hydroxyl groups is 1. The predicted octanol–water partition coefficient (Wildman–Crippen LogP) is 5.56. The Morgan fingerprint density at radius 2 is 1.77 bits per heavy atom. The maximum Gasteiger partial charge on any atom is 0.339 e. The molecule has 148 valence electrons. The lowest BCUT2D eigenvalue weighted by Gasteiger charge is -2.03. The van der Waals surface area contributed by atoms with E-state index in [2.05, 4.69) is 5.32 Å². The number of carbonyl (C=O) groups is 2. The number of hydrogen-bond acceptors (Lipinski definition) is 6. The molecule has 3 aromatic heterocycles. The van der Waals surface area contributed by atoms with Crippen LogP contribution in [0.5, 0.6) is 5.75 Å². The zero-order chi connectivity index (χ0) is 20.8. The quantitative estimate of drug-likeness (QED) is 0.351. The highest BCUT2D eigenvalue weighted by molar-refractivity contribution is 7.15. The molecule has 8 heteroatoms. The molecule has 0 radical (unpaired) electrons. The van der Waals surface area contributed by atoms with E-state index in [1.807, 2.05) is 12.1 Å². The highest BCUT2D eigenvalue weighted by Crippen LogP contribution is 2.40. The summed E-state index contributed by atoms with van der Waals surface area (Å²) in [6, 6.07) is 15.3. The number of carboxylic acids is 1. The van der Waals surface area contributed by atoms with E-state index in [1.165, 1.54) is 6.07 Å². The molecule has 3 N–H and O–H groups in total. The van der Waals surface area contributed by atoms with Gasteiger partial charge in [-0.3, -0.25) is 4.79 Å². The van der Waals surface area contributed by atoms with E-state index in [9.17, 15) is 19.8 Å². The summed E-state index contributed by atoms with van der Waals surface area (Å²) in [6.45, 7) is 0. The number of thiophene rings is 1. The third-order valence-corrected chi connectivity index (χ3v) is 5.57. The van der Waals surface area contributed by atoms with E-state index < -0.39 is 11.9 Å². The van der Waals surface area contributed by atoms with Crippen molar-refractivity contribution in [2.45, 2.75) is 0 Å². The highest BCUT2D eigenvalue weighted by atomic mass is 32.1. The summed E-state index contributed by atoms with van der Waals surface area (Å²) in [5.41, 5.74) is 1.05. The molecule has 0 saturated heterocycles. The normalized spacial score (nSPS) is 11.2. The molecule has 2 aromatic carbocycles. The van der Waals surface area contributed by atoms with Gasteiger partial charge in [0.2, 0.25) is 0 Å². The van der Waals surface area contributed by atoms with Gasteiger partial charge in [-0.2, -0.15) is 0 Å². The summed E-state index contributed by atoms with van der Waals surface area (Å²) in [5.74, 6) is -1.44. The van der Waals surface area contributed by atoms with Gasteiger partial charge in [0.05, 0.1) is 0 Å². The van der Waals surface area contributed by atoms with E-state index in [1.54, 1.807) is 41.8 Å². The number of hydrogen-bond donors (Lipinski definition) is 3. The number of benzene rings is 2. The van der Waals surface area contributed by atoms with E-state index in [4.69, 9.17) is 8.83 Å². The number of carbonyl (C=O) groups excluding carboxylic acids is 1. The number of phenols is 1. The average molecular weight is 419 g/mol. The van der Waals surface area contributed by atoms with Crippen molar-refractivity contribution in [2.75, 3.05) is 5.32 Å². The zero-order valence-corrected chi connectivity index (χ0v) is 16.0. The highest BCUT2D eigenvalue weighted by Gasteiger charge is 2.25. The zero-order valence-electron chi connectivity index (χ0n) is 15.2. The standard InChI is InChI=1S/C22H13NO6S/c24-14-6-3-5-12-9-16(29-19(12)14)13-10-30-21(18(13)22(26)27)23-20(25)17-8-11-4-1-2-7-15(11)28-17/h1-10,24H,(H,23,25)(H,26,27). The second kappa shape index (κ2) is 6.78. The number of carboxylic acid groups (broad SMARTS) is 1. The number of para-hydroxylation sites is 2. The molecular weight excluding hydrogens is 406 g/mol.